The number of benzene rings is 1. The monoisotopic (exact) mass is 347 g/mol. The summed E-state index contributed by atoms with van der Waals surface area (Å²) in [5.41, 5.74) is 5.76. The summed E-state index contributed by atoms with van der Waals surface area (Å²) in [6, 6.07) is 10.1. The Bertz CT molecular complexity index is 640. The fourth-order valence-electron chi connectivity index (χ4n) is 2.03. The number of primary amides is 1. The van der Waals surface area contributed by atoms with Crippen LogP contribution in [0.15, 0.2) is 48.8 Å². The van der Waals surface area contributed by atoms with Crippen LogP contribution >= 0.6 is 12.8 Å². The third-order valence-electron chi connectivity index (χ3n) is 3.25. The van der Waals surface area contributed by atoms with Gasteiger partial charge in [-0.2, -0.15) is 0 Å². The molecule has 0 spiro atoms. The van der Waals surface area contributed by atoms with Crippen molar-refractivity contribution in [3.63, 3.8) is 0 Å². The van der Waals surface area contributed by atoms with Gasteiger partial charge in [0.25, 0.3) is 0 Å². The number of anilines is 1. The zero-order valence-electron chi connectivity index (χ0n) is 13.3. The van der Waals surface area contributed by atoms with E-state index >= 15 is 0 Å². The Morgan fingerprint density at radius 2 is 1.71 bits per heavy atom. The fraction of sp³-hybridized carbons (Fsp3) is 0.294. The van der Waals surface area contributed by atoms with E-state index < -0.39 is 6.03 Å². The van der Waals surface area contributed by atoms with Crippen LogP contribution in [0.2, 0.25) is 0 Å². The minimum Gasteiger partial charge on any atom is -0.494 e. The number of amides is 2. The Kier molecular flexibility index (Phi) is 7.22. The third kappa shape index (κ3) is 6.00. The zero-order chi connectivity index (χ0) is 17.2. The second kappa shape index (κ2) is 9.67. The lowest BCUT2D eigenvalue weighted by Crippen LogP contribution is -2.27. The van der Waals surface area contributed by atoms with E-state index in [2.05, 4.69) is 17.8 Å². The molecule has 0 saturated heterocycles. The fourth-order valence-corrected chi connectivity index (χ4v) is 2.15. The highest BCUT2D eigenvalue weighted by molar-refractivity contribution is 7.82. The smallest absolute Gasteiger partial charge is 0.329 e. The number of rotatable bonds is 9. The van der Waals surface area contributed by atoms with E-state index in [0.717, 1.165) is 29.3 Å². The van der Waals surface area contributed by atoms with Crippen LogP contribution in [0.4, 0.5) is 10.5 Å². The number of ether oxygens (including phenoxy) is 2. The van der Waals surface area contributed by atoms with Crippen LogP contribution in [0.25, 0.3) is 0 Å². The first-order valence-electron chi connectivity index (χ1n) is 7.71. The largest absolute Gasteiger partial charge is 0.494 e. The maximum atomic E-state index is 11.1. The molecule has 0 fully saturated rings. The van der Waals surface area contributed by atoms with E-state index in [0.29, 0.717) is 24.7 Å². The number of nitrogens with two attached hydrogens (primary N) is 1. The van der Waals surface area contributed by atoms with E-state index in [-0.39, 0.29) is 0 Å². The summed E-state index contributed by atoms with van der Waals surface area (Å²) in [6.07, 6.45) is 6.30. The highest BCUT2D eigenvalue weighted by atomic mass is 32.1. The molecule has 128 valence electrons. The van der Waals surface area contributed by atoms with Gasteiger partial charge in [0.15, 0.2) is 0 Å². The highest BCUT2D eigenvalue weighted by Gasteiger charge is 2.08. The van der Waals surface area contributed by atoms with Crippen molar-refractivity contribution in [2.24, 2.45) is 5.73 Å². The number of pyridine rings is 1. The van der Waals surface area contributed by atoms with Crippen LogP contribution in [-0.4, -0.2) is 24.2 Å². The molecule has 1 aromatic carbocycles. The van der Waals surface area contributed by atoms with Gasteiger partial charge in [-0.1, -0.05) is 18.9 Å². The molecule has 24 heavy (non-hydrogen) atoms. The Labute approximate surface area is 147 Å². The topological polar surface area (TPSA) is 77.7 Å². The summed E-state index contributed by atoms with van der Waals surface area (Å²) in [5.74, 6) is 1.52. The van der Waals surface area contributed by atoms with Gasteiger partial charge in [0.1, 0.15) is 11.5 Å². The molecule has 0 aliphatic heterocycles. The summed E-state index contributed by atoms with van der Waals surface area (Å²) in [4.78, 5) is 15.0. The highest BCUT2D eigenvalue weighted by Crippen LogP contribution is 2.22. The molecule has 0 aliphatic carbocycles. The first-order valence-corrected chi connectivity index (χ1v) is 8.11. The van der Waals surface area contributed by atoms with Crippen LogP contribution in [-0.2, 0) is 0 Å². The quantitative estimate of drug-likeness (QED) is 0.538. The van der Waals surface area contributed by atoms with Crippen LogP contribution in [0.1, 0.15) is 19.3 Å². The summed E-state index contributed by atoms with van der Waals surface area (Å²) >= 11 is 4.03. The molecule has 2 N–H and O–H groups in total. The minimum absolute atomic E-state index is 0.578. The molecule has 0 bridgehead atoms. The van der Waals surface area contributed by atoms with Crippen molar-refractivity contribution >= 4 is 24.5 Å². The molecule has 2 aromatic rings. The Balaban J connectivity index is 1.62. The number of unbranched alkanes of at least 4 members (excludes halogenated alkanes) is 2. The number of carbonyl (C=O) groups excluding carboxylic acids is 1. The van der Waals surface area contributed by atoms with E-state index in [1.54, 1.807) is 30.6 Å². The Hall–Kier alpha value is -2.41. The lowest BCUT2D eigenvalue weighted by atomic mass is 10.2. The third-order valence-corrected chi connectivity index (χ3v) is 3.67. The number of nitrogens with zero attached hydrogens (tertiary/aromatic N) is 2. The normalized spacial score (nSPS) is 10.2. The summed E-state index contributed by atoms with van der Waals surface area (Å²) in [5, 5.41) is 0. The molecule has 2 amide bonds. The Morgan fingerprint density at radius 1 is 1.04 bits per heavy atom. The lowest BCUT2D eigenvalue weighted by Gasteiger charge is -2.14. The minimum atomic E-state index is -0.635. The van der Waals surface area contributed by atoms with Gasteiger partial charge in [0.05, 0.1) is 18.9 Å². The number of aromatic nitrogens is 1. The van der Waals surface area contributed by atoms with Crippen molar-refractivity contribution in [1.82, 2.24) is 4.98 Å². The van der Waals surface area contributed by atoms with E-state index in [4.69, 9.17) is 15.2 Å². The number of hydrogen-bond acceptors (Lipinski definition) is 5. The van der Waals surface area contributed by atoms with Crippen LogP contribution in [0.5, 0.6) is 11.5 Å². The van der Waals surface area contributed by atoms with Crippen LogP contribution < -0.4 is 19.5 Å². The molecule has 1 aromatic heterocycles. The molecular formula is C17H21N3O3S. The molecule has 7 heteroatoms. The van der Waals surface area contributed by atoms with Gasteiger partial charge < -0.3 is 15.2 Å². The van der Waals surface area contributed by atoms with Crippen molar-refractivity contribution < 1.29 is 14.3 Å². The summed E-state index contributed by atoms with van der Waals surface area (Å²) in [7, 11) is 0. The number of thiol groups is 1. The van der Waals surface area contributed by atoms with Crippen LogP contribution in [0.3, 0.4) is 0 Å². The molecule has 0 aliphatic rings. The van der Waals surface area contributed by atoms with Gasteiger partial charge in [-0.15, -0.1) is 0 Å². The zero-order valence-corrected chi connectivity index (χ0v) is 14.2. The van der Waals surface area contributed by atoms with Gasteiger partial charge in [-0.05, 0) is 43.5 Å². The molecular weight excluding hydrogens is 326 g/mol. The average Bonchev–Trinajstić information content (AvgIpc) is 2.61. The second-order valence-corrected chi connectivity index (χ2v) is 5.49. The van der Waals surface area contributed by atoms with Crippen molar-refractivity contribution in [1.29, 1.82) is 0 Å². The number of urea groups is 1. The maximum absolute atomic E-state index is 11.1. The van der Waals surface area contributed by atoms with E-state index in [1.165, 1.54) is 0 Å². The van der Waals surface area contributed by atoms with Gasteiger partial charge in [0.2, 0.25) is 0 Å². The van der Waals surface area contributed by atoms with Crippen LogP contribution in [0, 0.1) is 0 Å². The van der Waals surface area contributed by atoms with E-state index in [1.807, 2.05) is 18.2 Å². The molecule has 0 radical (unpaired) electrons. The van der Waals surface area contributed by atoms with Crippen molar-refractivity contribution in [3.05, 3.63) is 48.8 Å². The average molecular weight is 347 g/mol. The Morgan fingerprint density at radius 3 is 2.38 bits per heavy atom. The second-order valence-electron chi connectivity index (χ2n) is 5.09. The first kappa shape index (κ1) is 17.9. The molecule has 6 nitrogen and oxygen atoms in total. The SMILES string of the molecule is NC(=O)N(S)c1cccc(OCCCCCOc2ccncc2)c1. The number of hydrogen-bond donors (Lipinski definition) is 2. The van der Waals surface area contributed by atoms with Gasteiger partial charge in [0, 0.05) is 18.5 Å². The molecule has 2 rings (SSSR count). The van der Waals surface area contributed by atoms with E-state index in [9.17, 15) is 4.79 Å². The lowest BCUT2D eigenvalue weighted by molar-refractivity contribution is 0.257. The summed E-state index contributed by atoms with van der Waals surface area (Å²) in [6.45, 7) is 1.27. The predicted octanol–water partition coefficient (Wildman–Crippen LogP) is 3.44. The molecule has 0 atom stereocenters. The first-order chi connectivity index (χ1) is 11.7. The standard InChI is InChI=1S/C17H21N3O3S/c18-17(21)20(24)14-5-4-6-16(13-14)23-12-3-1-2-11-22-15-7-9-19-10-8-15/h4-10,13,24H,1-3,11-12H2,(H2,18,21). The van der Waals surface area contributed by atoms with Gasteiger partial charge >= 0.3 is 6.03 Å². The molecule has 0 unspecified atom stereocenters. The van der Waals surface area contributed by atoms with Gasteiger partial charge in [-0.3, -0.25) is 4.98 Å². The van der Waals surface area contributed by atoms with Crippen molar-refractivity contribution in [2.45, 2.75) is 19.3 Å². The number of carbonyl (C=O) groups is 1. The van der Waals surface area contributed by atoms with Gasteiger partial charge in [-0.25, -0.2) is 9.10 Å². The van der Waals surface area contributed by atoms with Crippen molar-refractivity contribution in [2.75, 3.05) is 17.5 Å². The molecule has 1 heterocycles. The molecule has 0 saturated carbocycles. The predicted molar refractivity (Wildman–Crippen MR) is 96.6 cm³/mol. The van der Waals surface area contributed by atoms with Crippen molar-refractivity contribution in [3.8, 4) is 11.5 Å². The summed E-state index contributed by atoms with van der Waals surface area (Å²) < 4.78 is 12.3. The maximum Gasteiger partial charge on any atom is 0.329 e.